The molecule has 7 heteroatoms. The molecule has 0 saturated heterocycles. The third-order valence-electron chi connectivity index (χ3n) is 5.58. The third kappa shape index (κ3) is 26.6. The molecule has 0 aliphatic rings. The van der Waals surface area contributed by atoms with Crippen LogP contribution in [0.3, 0.4) is 0 Å². The maximum absolute atomic E-state index is 11.7. The van der Waals surface area contributed by atoms with Crippen LogP contribution in [0.2, 0.25) is 0 Å². The number of unbranched alkanes of at least 4 members (excludes halogenated alkanes) is 16. The first-order valence-corrected chi connectivity index (χ1v) is 19.7. The average Bonchev–Trinajstić information content (AvgIpc) is 2.76. The van der Waals surface area contributed by atoms with Gasteiger partial charge in [-0.15, -0.1) is 0 Å². The summed E-state index contributed by atoms with van der Waals surface area (Å²) in [5, 5.41) is 0. The molecule has 0 N–H and O–H groups in total. The molecule has 184 valence electrons. The van der Waals surface area contributed by atoms with Crippen molar-refractivity contribution in [2.45, 2.75) is 142 Å². The van der Waals surface area contributed by atoms with Crippen LogP contribution in [0.1, 0.15) is 142 Å². The standard InChI is InChI=1S/2C12H24O2.O.2Sn.4H/c2*1-2-3-4-5-6-7-8-9-10-11-12(13)14;;;;;;;/h2*2-11H2,1H3,(H,13,14);;;;;;;/q;;;2*+1;;;;/p-2. The van der Waals surface area contributed by atoms with Gasteiger partial charge in [-0.1, -0.05) is 13.8 Å². The summed E-state index contributed by atoms with van der Waals surface area (Å²) in [7, 11) is 0. The van der Waals surface area contributed by atoms with Gasteiger partial charge in [0.2, 0.25) is 0 Å². The van der Waals surface area contributed by atoms with Crippen LogP contribution in [0.15, 0.2) is 0 Å². The first kappa shape index (κ1) is 31.5. The van der Waals surface area contributed by atoms with Crippen molar-refractivity contribution in [2.75, 3.05) is 0 Å². The van der Waals surface area contributed by atoms with Gasteiger partial charge in [0.25, 0.3) is 0 Å². The molecular weight excluding hydrogens is 606 g/mol. The molecule has 0 aliphatic carbocycles. The van der Waals surface area contributed by atoms with E-state index in [0.717, 1.165) is 25.7 Å². The van der Waals surface area contributed by atoms with Gasteiger partial charge in [0, 0.05) is 0 Å². The van der Waals surface area contributed by atoms with Crippen molar-refractivity contribution in [3.8, 4) is 0 Å². The van der Waals surface area contributed by atoms with Gasteiger partial charge in [-0.25, -0.2) is 0 Å². The summed E-state index contributed by atoms with van der Waals surface area (Å²) < 4.78 is 16.0. The van der Waals surface area contributed by atoms with E-state index in [-0.39, 0.29) is 11.9 Å². The monoisotopic (exact) mass is 658 g/mol. The second-order valence-corrected chi connectivity index (χ2v) is 20.6. The first-order chi connectivity index (χ1) is 15.2. The van der Waals surface area contributed by atoms with Gasteiger partial charge < -0.3 is 0 Å². The zero-order chi connectivity index (χ0) is 22.8. The molecule has 0 fully saturated rings. The number of rotatable bonds is 24. The number of hydrogen-bond acceptors (Lipinski definition) is 5. The Hall–Kier alpha value is 0.497. The normalized spacial score (nSPS) is 11.7. The topological polar surface area (TPSA) is 61.8 Å². The smallest absolute Gasteiger partial charge is 0.0654 e. The minimum atomic E-state index is -1.95. The summed E-state index contributed by atoms with van der Waals surface area (Å²) in [4.78, 5) is 23.4. The molecule has 0 rings (SSSR count). The van der Waals surface area contributed by atoms with Gasteiger partial charge in [0.1, 0.15) is 0 Å². The Morgan fingerprint density at radius 2 is 0.774 bits per heavy atom. The van der Waals surface area contributed by atoms with E-state index in [1.165, 1.54) is 89.9 Å². The molecule has 0 aliphatic heterocycles. The maximum atomic E-state index is 11.7. The molecule has 0 heterocycles. The molecule has 0 radical (unpaired) electrons. The fourth-order valence-electron chi connectivity index (χ4n) is 3.55. The Kier molecular flexibility index (Phi) is 27.2. The predicted octanol–water partition coefficient (Wildman–Crippen LogP) is 5.93. The molecule has 31 heavy (non-hydrogen) atoms. The van der Waals surface area contributed by atoms with Crippen LogP contribution in [0.5, 0.6) is 0 Å². The fourth-order valence-corrected chi connectivity index (χ4v) is 10.3. The van der Waals surface area contributed by atoms with Crippen LogP contribution in [0.4, 0.5) is 0 Å². The SMILES string of the molecule is CCCCCCCCCCCC(=O)[O][SnH2][O][SnH2][O]C(=O)CCCCCCCCCCC. The van der Waals surface area contributed by atoms with Crippen molar-refractivity contribution in [3.05, 3.63) is 0 Å². The van der Waals surface area contributed by atoms with E-state index in [4.69, 9.17) is 7.56 Å². The Bertz CT molecular complexity index is 371. The van der Waals surface area contributed by atoms with Crippen LogP contribution >= 0.6 is 0 Å². The van der Waals surface area contributed by atoms with Gasteiger partial charge in [0.15, 0.2) is 0 Å². The van der Waals surface area contributed by atoms with E-state index in [0.29, 0.717) is 12.8 Å². The quantitative estimate of drug-likeness (QED) is 0.0954. The summed E-state index contributed by atoms with van der Waals surface area (Å²) in [6, 6.07) is 0. The van der Waals surface area contributed by atoms with Gasteiger partial charge in [-0.3, -0.25) is 0 Å². The van der Waals surface area contributed by atoms with E-state index in [1.807, 2.05) is 0 Å². The van der Waals surface area contributed by atoms with Gasteiger partial charge in [-0.2, -0.15) is 0 Å². The summed E-state index contributed by atoms with van der Waals surface area (Å²) in [5.41, 5.74) is 0. The minimum Gasteiger partial charge on any atom is -0.0654 e. The molecule has 0 amide bonds. The summed E-state index contributed by atoms with van der Waals surface area (Å²) >= 11 is -3.90. The molecule has 0 unspecified atom stereocenters. The van der Waals surface area contributed by atoms with Crippen molar-refractivity contribution in [1.82, 2.24) is 0 Å². The van der Waals surface area contributed by atoms with E-state index in [1.54, 1.807) is 0 Å². The van der Waals surface area contributed by atoms with E-state index >= 15 is 0 Å². The molecule has 0 spiro atoms. The number of carbonyl (C=O) groups excluding carboxylic acids is 2. The second-order valence-electron chi connectivity index (χ2n) is 8.63. The van der Waals surface area contributed by atoms with Gasteiger partial charge >= 0.3 is 201 Å². The van der Waals surface area contributed by atoms with E-state index < -0.39 is 43.9 Å². The molecule has 0 aromatic rings. The van der Waals surface area contributed by atoms with Gasteiger partial charge in [-0.05, 0) is 0 Å². The van der Waals surface area contributed by atoms with Crippen LogP contribution in [0, 0.1) is 0 Å². The predicted molar refractivity (Wildman–Crippen MR) is 134 cm³/mol. The van der Waals surface area contributed by atoms with Crippen molar-refractivity contribution >= 4 is 55.9 Å². The average molecular weight is 656 g/mol. The zero-order valence-electron chi connectivity index (χ0n) is 20.6. The molecule has 0 bridgehead atoms. The Morgan fingerprint density at radius 3 is 1.10 bits per heavy atom. The Labute approximate surface area is 214 Å². The molecule has 0 atom stereocenters. The van der Waals surface area contributed by atoms with Crippen molar-refractivity contribution in [3.63, 3.8) is 0 Å². The van der Waals surface area contributed by atoms with E-state index in [2.05, 4.69) is 13.8 Å². The molecular formula is C24H50O5Sn2. The molecule has 0 aromatic heterocycles. The second kappa shape index (κ2) is 26.7. The van der Waals surface area contributed by atoms with Crippen LogP contribution in [-0.2, 0) is 17.1 Å². The summed E-state index contributed by atoms with van der Waals surface area (Å²) in [6.07, 6.45) is 23.4. The van der Waals surface area contributed by atoms with E-state index in [9.17, 15) is 9.59 Å². The fraction of sp³-hybridized carbons (Fsp3) is 0.917. The van der Waals surface area contributed by atoms with Crippen LogP contribution in [-0.4, -0.2) is 55.9 Å². The third-order valence-corrected chi connectivity index (χ3v) is 15.4. The summed E-state index contributed by atoms with van der Waals surface area (Å²) in [5.74, 6) is -0.239. The van der Waals surface area contributed by atoms with Crippen molar-refractivity contribution in [2.24, 2.45) is 0 Å². The van der Waals surface area contributed by atoms with Crippen molar-refractivity contribution in [1.29, 1.82) is 0 Å². The zero-order valence-corrected chi connectivity index (χ0v) is 28.7. The molecule has 5 nitrogen and oxygen atoms in total. The number of hydrogen-bond donors (Lipinski definition) is 0. The van der Waals surface area contributed by atoms with Gasteiger partial charge in [0.05, 0.1) is 0 Å². The number of carbonyl (C=O) groups is 2. The molecule has 0 aromatic carbocycles. The Balaban J connectivity index is 3.28. The van der Waals surface area contributed by atoms with Crippen LogP contribution in [0.25, 0.3) is 0 Å². The molecule has 0 saturated carbocycles. The van der Waals surface area contributed by atoms with Crippen molar-refractivity contribution < 1.29 is 17.1 Å². The first-order valence-electron chi connectivity index (χ1n) is 13.1. The van der Waals surface area contributed by atoms with Crippen LogP contribution < -0.4 is 0 Å². The minimum absolute atomic E-state index is 0.119. The summed E-state index contributed by atoms with van der Waals surface area (Å²) in [6.45, 7) is 4.48. The Morgan fingerprint density at radius 1 is 0.484 bits per heavy atom.